The van der Waals surface area contributed by atoms with E-state index >= 15 is 0 Å². The van der Waals surface area contributed by atoms with Crippen LogP contribution in [0, 0.1) is 0 Å². The maximum Gasteiger partial charge on any atom is 0.368 e. The average molecular weight is 339 g/mol. The number of benzene rings is 2. The number of carbonyl (C=O) groups excluding carboxylic acids is 1. The molecule has 0 fully saturated rings. The first-order chi connectivity index (χ1) is 12.2. The largest absolute Gasteiger partial charge is 0.496 e. The van der Waals surface area contributed by atoms with E-state index in [1.165, 1.54) is 0 Å². The molecule has 1 aliphatic heterocycles. The fraction of sp³-hybridized carbons (Fsp3) is 0.158. The third kappa shape index (κ3) is 3.19. The van der Waals surface area contributed by atoms with Crippen molar-refractivity contribution in [2.24, 2.45) is 5.16 Å². The van der Waals surface area contributed by atoms with Crippen molar-refractivity contribution >= 4 is 17.8 Å². The van der Waals surface area contributed by atoms with Crippen molar-refractivity contribution in [2.75, 3.05) is 21.3 Å². The monoisotopic (exact) mass is 339 g/mol. The Labute approximate surface area is 145 Å². The molecule has 25 heavy (non-hydrogen) atoms. The van der Waals surface area contributed by atoms with E-state index in [9.17, 15) is 4.79 Å². The molecule has 6 nitrogen and oxygen atoms in total. The van der Waals surface area contributed by atoms with Crippen LogP contribution in [0.15, 0.2) is 53.2 Å². The van der Waals surface area contributed by atoms with Crippen LogP contribution in [0.3, 0.4) is 0 Å². The quantitative estimate of drug-likeness (QED) is 0.619. The van der Waals surface area contributed by atoms with Gasteiger partial charge in [-0.25, -0.2) is 4.79 Å². The standard InChI is InChI=1S/C19H17NO5/c1-22-15-7-5-4-6-12(15)10-14-18(20-25-19(14)21)13-8-9-16(23-2)17(11-13)24-3/h4-11H,1-3H3/b14-10-. The number of para-hydroxylation sites is 1. The molecule has 0 aromatic heterocycles. The molecule has 2 aromatic carbocycles. The predicted molar refractivity (Wildman–Crippen MR) is 93.1 cm³/mol. The van der Waals surface area contributed by atoms with Crippen LogP contribution < -0.4 is 14.2 Å². The molecule has 3 rings (SSSR count). The maximum absolute atomic E-state index is 12.1. The van der Waals surface area contributed by atoms with Crippen LogP contribution in [0.4, 0.5) is 0 Å². The topological polar surface area (TPSA) is 66.4 Å². The molecule has 0 radical (unpaired) electrons. The molecular weight excluding hydrogens is 322 g/mol. The van der Waals surface area contributed by atoms with Gasteiger partial charge in [-0.3, -0.25) is 0 Å². The highest BCUT2D eigenvalue weighted by molar-refractivity contribution is 6.31. The van der Waals surface area contributed by atoms with Crippen LogP contribution in [0.2, 0.25) is 0 Å². The third-order valence-electron chi connectivity index (χ3n) is 3.79. The second-order valence-corrected chi connectivity index (χ2v) is 5.19. The van der Waals surface area contributed by atoms with Gasteiger partial charge in [-0.2, -0.15) is 0 Å². The van der Waals surface area contributed by atoms with Crippen LogP contribution in [-0.4, -0.2) is 33.0 Å². The smallest absolute Gasteiger partial charge is 0.368 e. The Balaban J connectivity index is 2.04. The van der Waals surface area contributed by atoms with Crippen molar-refractivity contribution in [1.29, 1.82) is 0 Å². The number of rotatable bonds is 5. The molecule has 0 saturated heterocycles. The van der Waals surface area contributed by atoms with Crippen LogP contribution in [0.5, 0.6) is 17.2 Å². The molecular formula is C19H17NO5. The minimum absolute atomic E-state index is 0.344. The number of hydrogen-bond donors (Lipinski definition) is 0. The van der Waals surface area contributed by atoms with E-state index in [1.807, 2.05) is 24.3 Å². The van der Waals surface area contributed by atoms with E-state index in [0.29, 0.717) is 34.1 Å². The van der Waals surface area contributed by atoms with Crippen LogP contribution in [-0.2, 0) is 9.63 Å². The molecule has 0 N–H and O–H groups in total. The second kappa shape index (κ2) is 7.09. The van der Waals surface area contributed by atoms with Gasteiger partial charge >= 0.3 is 5.97 Å². The summed E-state index contributed by atoms with van der Waals surface area (Å²) in [6.07, 6.45) is 1.70. The van der Waals surface area contributed by atoms with Gasteiger partial charge in [-0.15, -0.1) is 0 Å². The molecule has 1 heterocycles. The molecule has 2 aromatic rings. The lowest BCUT2D eigenvalue weighted by molar-refractivity contribution is -0.136. The Morgan fingerprint density at radius 1 is 0.920 bits per heavy atom. The summed E-state index contributed by atoms with van der Waals surface area (Å²) >= 11 is 0. The van der Waals surface area contributed by atoms with Gasteiger partial charge < -0.3 is 19.0 Å². The summed E-state index contributed by atoms with van der Waals surface area (Å²) in [5, 5.41) is 3.91. The number of hydrogen-bond acceptors (Lipinski definition) is 6. The number of nitrogens with zero attached hydrogens (tertiary/aromatic N) is 1. The Bertz CT molecular complexity index is 870. The summed E-state index contributed by atoms with van der Waals surface area (Å²) in [6.45, 7) is 0. The molecule has 6 heteroatoms. The fourth-order valence-corrected chi connectivity index (χ4v) is 2.54. The Morgan fingerprint density at radius 2 is 1.64 bits per heavy atom. The minimum Gasteiger partial charge on any atom is -0.496 e. The summed E-state index contributed by atoms with van der Waals surface area (Å²) < 4.78 is 15.9. The van der Waals surface area contributed by atoms with E-state index in [0.717, 1.165) is 5.56 Å². The minimum atomic E-state index is -0.518. The zero-order chi connectivity index (χ0) is 17.8. The highest BCUT2D eigenvalue weighted by Gasteiger charge is 2.28. The molecule has 128 valence electrons. The van der Waals surface area contributed by atoms with Crippen molar-refractivity contribution in [3.63, 3.8) is 0 Å². The van der Waals surface area contributed by atoms with E-state index < -0.39 is 5.97 Å². The molecule has 0 aliphatic carbocycles. The van der Waals surface area contributed by atoms with Crippen LogP contribution in [0.25, 0.3) is 6.08 Å². The number of methoxy groups -OCH3 is 3. The lowest BCUT2D eigenvalue weighted by Gasteiger charge is -2.09. The fourth-order valence-electron chi connectivity index (χ4n) is 2.54. The van der Waals surface area contributed by atoms with Crippen LogP contribution >= 0.6 is 0 Å². The number of oxime groups is 1. The van der Waals surface area contributed by atoms with Gasteiger partial charge in [0, 0.05) is 11.1 Å². The summed E-state index contributed by atoms with van der Waals surface area (Å²) in [4.78, 5) is 17.0. The van der Waals surface area contributed by atoms with Crippen LogP contribution in [0.1, 0.15) is 11.1 Å². The molecule has 1 aliphatic rings. The summed E-state index contributed by atoms with van der Waals surface area (Å²) in [7, 11) is 4.68. The van der Waals surface area contributed by atoms with Crippen molar-refractivity contribution < 1.29 is 23.8 Å². The molecule has 0 unspecified atom stereocenters. The highest BCUT2D eigenvalue weighted by atomic mass is 16.7. The zero-order valence-corrected chi connectivity index (χ0v) is 14.1. The Kier molecular flexibility index (Phi) is 4.70. The third-order valence-corrected chi connectivity index (χ3v) is 3.79. The van der Waals surface area contributed by atoms with Crippen molar-refractivity contribution in [2.45, 2.75) is 0 Å². The van der Waals surface area contributed by atoms with Gasteiger partial charge in [-0.1, -0.05) is 23.4 Å². The number of carbonyl (C=O) groups is 1. The summed E-state index contributed by atoms with van der Waals surface area (Å²) in [5.74, 6) is 1.27. The van der Waals surface area contributed by atoms with Gasteiger partial charge in [-0.05, 0) is 30.3 Å². The van der Waals surface area contributed by atoms with Gasteiger partial charge in [0.05, 0.1) is 26.9 Å². The van der Waals surface area contributed by atoms with Crippen molar-refractivity contribution in [3.8, 4) is 17.2 Å². The Hall–Kier alpha value is -3.28. The van der Waals surface area contributed by atoms with E-state index in [1.54, 1.807) is 45.6 Å². The first-order valence-electron chi connectivity index (χ1n) is 7.54. The number of ether oxygens (including phenoxy) is 3. The Morgan fingerprint density at radius 3 is 2.36 bits per heavy atom. The molecule has 0 amide bonds. The van der Waals surface area contributed by atoms with Gasteiger partial charge in [0.15, 0.2) is 11.5 Å². The average Bonchev–Trinajstić information content (AvgIpc) is 3.02. The highest BCUT2D eigenvalue weighted by Crippen LogP contribution is 2.31. The van der Waals surface area contributed by atoms with Gasteiger partial charge in [0.25, 0.3) is 0 Å². The van der Waals surface area contributed by atoms with Crippen molar-refractivity contribution in [1.82, 2.24) is 0 Å². The maximum atomic E-state index is 12.1. The molecule has 0 bridgehead atoms. The van der Waals surface area contributed by atoms with E-state index in [-0.39, 0.29) is 0 Å². The molecule has 0 saturated carbocycles. The summed E-state index contributed by atoms with van der Waals surface area (Å²) in [5.41, 5.74) is 2.21. The first kappa shape index (κ1) is 16.6. The summed E-state index contributed by atoms with van der Waals surface area (Å²) in [6, 6.07) is 12.7. The normalized spacial score (nSPS) is 14.9. The molecule has 0 atom stereocenters. The van der Waals surface area contributed by atoms with Gasteiger partial charge in [0.2, 0.25) is 0 Å². The van der Waals surface area contributed by atoms with E-state index in [4.69, 9.17) is 19.0 Å². The second-order valence-electron chi connectivity index (χ2n) is 5.19. The zero-order valence-electron chi connectivity index (χ0n) is 14.1. The van der Waals surface area contributed by atoms with E-state index in [2.05, 4.69) is 5.16 Å². The first-order valence-corrected chi connectivity index (χ1v) is 7.54. The molecule has 0 spiro atoms. The van der Waals surface area contributed by atoms with Gasteiger partial charge in [0.1, 0.15) is 11.5 Å². The SMILES string of the molecule is COc1ccccc1/C=C1\C(=O)ON=C1c1ccc(OC)c(OC)c1. The lowest BCUT2D eigenvalue weighted by Crippen LogP contribution is -2.07. The van der Waals surface area contributed by atoms with Crippen molar-refractivity contribution in [3.05, 3.63) is 59.2 Å². The lowest BCUT2D eigenvalue weighted by atomic mass is 10.00. The predicted octanol–water partition coefficient (Wildman–Crippen LogP) is 3.06.